The number of carbonyl (C=O) groups is 1. The molecule has 1 aliphatic rings. The summed E-state index contributed by atoms with van der Waals surface area (Å²) in [7, 11) is 0. The first kappa shape index (κ1) is 13.5. The predicted molar refractivity (Wildman–Crippen MR) is 60.2 cm³/mol. The Bertz CT molecular complexity index is 256. The normalized spacial score (nSPS) is 31.4. The van der Waals surface area contributed by atoms with Crippen molar-refractivity contribution in [2.45, 2.75) is 58.2 Å². The number of carboxylic acids is 1. The molecule has 0 aliphatic carbocycles. The molecule has 0 radical (unpaired) electrons. The van der Waals surface area contributed by atoms with Gasteiger partial charge in [-0.25, -0.2) is 0 Å². The van der Waals surface area contributed by atoms with Crippen LogP contribution in [0.4, 0.5) is 0 Å². The van der Waals surface area contributed by atoms with Gasteiger partial charge in [0.25, 0.3) is 0 Å². The fraction of sp³-hybridized carbons (Fsp3) is 0.917. The minimum atomic E-state index is -0.839. The first-order valence-corrected chi connectivity index (χ1v) is 5.81. The van der Waals surface area contributed by atoms with E-state index in [0.717, 1.165) is 19.3 Å². The van der Waals surface area contributed by atoms with Gasteiger partial charge in [-0.15, -0.1) is 0 Å². The van der Waals surface area contributed by atoms with Crippen molar-refractivity contribution in [3.05, 3.63) is 0 Å². The molecule has 1 fully saturated rings. The zero-order chi connectivity index (χ0) is 12.4. The molecule has 2 atom stereocenters. The average Bonchev–Trinajstić information content (AvgIpc) is 2.15. The Balaban J connectivity index is 2.90. The number of ether oxygens (including phenoxy) is 1. The predicted octanol–water partition coefficient (Wildman–Crippen LogP) is 1.81. The van der Waals surface area contributed by atoms with Crippen LogP contribution in [0, 0.1) is 5.41 Å². The molecule has 1 heterocycles. The van der Waals surface area contributed by atoms with Crippen molar-refractivity contribution in [2.75, 3.05) is 6.61 Å². The zero-order valence-corrected chi connectivity index (χ0v) is 10.3. The monoisotopic (exact) mass is 230 g/mol. The first-order valence-electron chi connectivity index (χ1n) is 5.81. The largest absolute Gasteiger partial charge is 0.481 e. The van der Waals surface area contributed by atoms with Crippen LogP contribution in [-0.4, -0.2) is 34.5 Å². The van der Waals surface area contributed by atoms with Gasteiger partial charge in [0.2, 0.25) is 0 Å². The van der Waals surface area contributed by atoms with Gasteiger partial charge in [-0.05, 0) is 24.7 Å². The molecule has 0 bridgehead atoms. The summed E-state index contributed by atoms with van der Waals surface area (Å²) < 4.78 is 5.87. The van der Waals surface area contributed by atoms with Crippen LogP contribution in [0.5, 0.6) is 0 Å². The summed E-state index contributed by atoms with van der Waals surface area (Å²) in [5, 5.41) is 18.2. The molecule has 1 saturated heterocycles. The van der Waals surface area contributed by atoms with Crippen molar-refractivity contribution in [1.82, 2.24) is 0 Å². The molecular formula is C12H22O4. The standard InChI is InChI=1S/C12H22O4/c1-11(2,3)12(7-10(14)15)6-4-5-9(8-13)16-12/h9,13H,4-8H2,1-3H3,(H,14,15). The van der Waals surface area contributed by atoms with Gasteiger partial charge in [-0.2, -0.15) is 0 Å². The van der Waals surface area contributed by atoms with E-state index in [1.165, 1.54) is 0 Å². The van der Waals surface area contributed by atoms with Gasteiger partial charge in [0, 0.05) is 0 Å². The van der Waals surface area contributed by atoms with E-state index >= 15 is 0 Å². The van der Waals surface area contributed by atoms with E-state index < -0.39 is 11.6 Å². The van der Waals surface area contributed by atoms with Crippen LogP contribution < -0.4 is 0 Å². The van der Waals surface area contributed by atoms with Crippen LogP contribution in [0.1, 0.15) is 46.5 Å². The summed E-state index contributed by atoms with van der Waals surface area (Å²) in [6, 6.07) is 0. The average molecular weight is 230 g/mol. The van der Waals surface area contributed by atoms with Crippen molar-refractivity contribution in [1.29, 1.82) is 0 Å². The fourth-order valence-corrected chi connectivity index (χ4v) is 2.37. The lowest BCUT2D eigenvalue weighted by atomic mass is 9.70. The van der Waals surface area contributed by atoms with Gasteiger partial charge in [0.1, 0.15) is 0 Å². The second-order valence-corrected chi connectivity index (χ2v) is 5.63. The minimum Gasteiger partial charge on any atom is -0.481 e. The van der Waals surface area contributed by atoms with Gasteiger partial charge < -0.3 is 14.9 Å². The van der Waals surface area contributed by atoms with Gasteiger partial charge in [0.05, 0.1) is 24.7 Å². The lowest BCUT2D eigenvalue weighted by molar-refractivity contribution is -0.200. The molecule has 4 nitrogen and oxygen atoms in total. The van der Waals surface area contributed by atoms with Crippen molar-refractivity contribution < 1.29 is 19.7 Å². The van der Waals surface area contributed by atoms with E-state index in [9.17, 15) is 4.79 Å². The van der Waals surface area contributed by atoms with Crippen LogP contribution in [0.3, 0.4) is 0 Å². The van der Waals surface area contributed by atoms with Crippen molar-refractivity contribution in [3.8, 4) is 0 Å². The summed E-state index contributed by atoms with van der Waals surface area (Å²) in [5.74, 6) is -0.839. The summed E-state index contributed by atoms with van der Waals surface area (Å²) in [6.45, 7) is 5.96. The highest BCUT2D eigenvalue weighted by atomic mass is 16.5. The Kier molecular flexibility index (Phi) is 3.97. The molecule has 1 rings (SSSR count). The number of carboxylic acid groups (broad SMARTS) is 1. The highest BCUT2D eigenvalue weighted by Gasteiger charge is 2.47. The Morgan fingerprint density at radius 1 is 1.50 bits per heavy atom. The molecule has 4 heteroatoms. The maximum Gasteiger partial charge on any atom is 0.306 e. The molecule has 0 amide bonds. The van der Waals surface area contributed by atoms with Crippen molar-refractivity contribution in [3.63, 3.8) is 0 Å². The SMILES string of the molecule is CC(C)(C)C1(CC(=O)O)CCCC(CO)O1. The molecule has 0 aromatic rings. The smallest absolute Gasteiger partial charge is 0.306 e. The highest BCUT2D eigenvalue weighted by molar-refractivity contribution is 5.68. The lowest BCUT2D eigenvalue weighted by Gasteiger charge is -2.48. The van der Waals surface area contributed by atoms with Crippen molar-refractivity contribution in [2.24, 2.45) is 5.41 Å². The summed E-state index contributed by atoms with van der Waals surface area (Å²) in [6.07, 6.45) is 2.27. The Morgan fingerprint density at radius 3 is 2.56 bits per heavy atom. The van der Waals surface area contributed by atoms with Crippen LogP contribution in [-0.2, 0) is 9.53 Å². The fourth-order valence-electron chi connectivity index (χ4n) is 2.37. The molecule has 0 aromatic heterocycles. The van der Waals surface area contributed by atoms with Crippen LogP contribution in [0.2, 0.25) is 0 Å². The summed E-state index contributed by atoms with van der Waals surface area (Å²) >= 11 is 0. The molecule has 16 heavy (non-hydrogen) atoms. The van der Waals surface area contributed by atoms with E-state index in [-0.39, 0.29) is 24.5 Å². The number of hydrogen-bond acceptors (Lipinski definition) is 3. The molecule has 2 N–H and O–H groups in total. The van der Waals surface area contributed by atoms with Crippen LogP contribution in [0.15, 0.2) is 0 Å². The minimum absolute atomic E-state index is 0.00694. The molecule has 0 saturated carbocycles. The molecule has 0 aromatic carbocycles. The summed E-state index contributed by atoms with van der Waals surface area (Å²) in [4.78, 5) is 11.0. The third-order valence-corrected chi connectivity index (χ3v) is 3.51. The van der Waals surface area contributed by atoms with E-state index in [1.54, 1.807) is 0 Å². The highest BCUT2D eigenvalue weighted by Crippen LogP contribution is 2.44. The molecule has 2 unspecified atom stereocenters. The third kappa shape index (κ3) is 2.74. The van der Waals surface area contributed by atoms with E-state index in [4.69, 9.17) is 14.9 Å². The lowest BCUT2D eigenvalue weighted by Crippen LogP contribution is -2.52. The van der Waals surface area contributed by atoms with E-state index in [0.29, 0.717) is 0 Å². The quantitative estimate of drug-likeness (QED) is 0.776. The topological polar surface area (TPSA) is 66.8 Å². The molecule has 94 valence electrons. The second-order valence-electron chi connectivity index (χ2n) is 5.63. The number of aliphatic hydroxyl groups excluding tert-OH is 1. The van der Waals surface area contributed by atoms with E-state index in [1.807, 2.05) is 20.8 Å². The first-order chi connectivity index (χ1) is 7.31. The van der Waals surface area contributed by atoms with Gasteiger partial charge in [0.15, 0.2) is 0 Å². The number of rotatable bonds is 3. The Hall–Kier alpha value is -0.610. The van der Waals surface area contributed by atoms with Crippen LogP contribution >= 0.6 is 0 Å². The molecule has 1 aliphatic heterocycles. The number of aliphatic carboxylic acids is 1. The van der Waals surface area contributed by atoms with Gasteiger partial charge in [-0.3, -0.25) is 4.79 Å². The van der Waals surface area contributed by atoms with Gasteiger partial charge >= 0.3 is 5.97 Å². The van der Waals surface area contributed by atoms with Crippen molar-refractivity contribution >= 4 is 5.97 Å². The second kappa shape index (κ2) is 4.72. The van der Waals surface area contributed by atoms with Crippen LogP contribution in [0.25, 0.3) is 0 Å². The maximum absolute atomic E-state index is 11.0. The third-order valence-electron chi connectivity index (χ3n) is 3.51. The van der Waals surface area contributed by atoms with Gasteiger partial charge in [-0.1, -0.05) is 20.8 Å². The number of aliphatic hydroxyl groups is 1. The maximum atomic E-state index is 11.0. The number of hydrogen-bond donors (Lipinski definition) is 2. The molecular weight excluding hydrogens is 208 g/mol. The summed E-state index contributed by atoms with van der Waals surface area (Å²) in [5.41, 5.74) is -0.885. The molecule has 0 spiro atoms. The Labute approximate surface area is 96.6 Å². The van der Waals surface area contributed by atoms with E-state index in [2.05, 4.69) is 0 Å². The Morgan fingerprint density at radius 2 is 2.12 bits per heavy atom. The zero-order valence-electron chi connectivity index (χ0n) is 10.3.